The van der Waals surface area contributed by atoms with E-state index in [1.54, 1.807) is 0 Å². The lowest BCUT2D eigenvalue weighted by Crippen LogP contribution is -2.26. The van der Waals surface area contributed by atoms with Crippen molar-refractivity contribution < 1.29 is 27.5 Å². The number of nitrogens with zero attached hydrogens (tertiary/aromatic N) is 1. The Kier molecular flexibility index (Phi) is 9.05. The molecule has 5 nitrogen and oxygen atoms in total. The number of methoxy groups -OCH3 is 1. The molecule has 10 heteroatoms. The van der Waals surface area contributed by atoms with Crippen molar-refractivity contribution in [3.05, 3.63) is 22.8 Å². The van der Waals surface area contributed by atoms with Crippen molar-refractivity contribution in [2.24, 2.45) is 0 Å². The van der Waals surface area contributed by atoms with Crippen LogP contribution in [0.15, 0.2) is 17.3 Å². The minimum Gasteiger partial charge on any atom is -0.469 e. The van der Waals surface area contributed by atoms with Gasteiger partial charge in [-0.2, -0.15) is 13.2 Å². The number of alkyl halides is 3. The summed E-state index contributed by atoms with van der Waals surface area (Å²) in [6.45, 7) is 0.453. The summed E-state index contributed by atoms with van der Waals surface area (Å²) in [5, 5.41) is 2.71. The standard InChI is InChI=1S/C15H18ClF3N2O3S/c1-24-13(23)5-3-2-4-6-20-12(22)9-25-14-11(16)7-10(8-21-14)15(17,18)19/h7-8H,2-6,9H2,1H3,(H,20,22). The molecule has 0 atom stereocenters. The molecule has 0 saturated heterocycles. The van der Waals surface area contributed by atoms with Gasteiger partial charge in [-0.15, -0.1) is 0 Å². The minimum atomic E-state index is -4.51. The average Bonchev–Trinajstić information content (AvgIpc) is 2.55. The normalized spacial score (nSPS) is 11.2. The predicted molar refractivity (Wildman–Crippen MR) is 88.5 cm³/mol. The summed E-state index contributed by atoms with van der Waals surface area (Å²) in [5.41, 5.74) is -0.932. The molecular weight excluding hydrogens is 381 g/mol. The van der Waals surface area contributed by atoms with Gasteiger partial charge in [0.25, 0.3) is 0 Å². The van der Waals surface area contributed by atoms with Crippen LogP contribution >= 0.6 is 23.4 Å². The maximum Gasteiger partial charge on any atom is 0.417 e. The van der Waals surface area contributed by atoms with Crippen molar-refractivity contribution in [3.63, 3.8) is 0 Å². The molecule has 0 aromatic carbocycles. The van der Waals surface area contributed by atoms with Crippen LogP contribution < -0.4 is 5.32 Å². The first-order valence-electron chi connectivity index (χ1n) is 7.43. The van der Waals surface area contributed by atoms with Crippen molar-refractivity contribution >= 4 is 35.2 Å². The number of thioether (sulfide) groups is 1. The lowest BCUT2D eigenvalue weighted by atomic mass is 10.2. The van der Waals surface area contributed by atoms with Crippen molar-refractivity contribution in [2.75, 3.05) is 19.4 Å². The third kappa shape index (κ3) is 8.44. The summed E-state index contributed by atoms with van der Waals surface area (Å²) < 4.78 is 42.0. The molecule has 1 aromatic rings. The number of carbonyl (C=O) groups excluding carboxylic acids is 2. The zero-order valence-electron chi connectivity index (χ0n) is 13.5. The molecule has 0 aliphatic rings. The molecule has 0 bridgehead atoms. The highest BCUT2D eigenvalue weighted by atomic mass is 35.5. The number of carbonyl (C=O) groups is 2. The molecule has 1 aromatic heterocycles. The molecule has 0 radical (unpaired) electrons. The van der Waals surface area contributed by atoms with E-state index in [2.05, 4.69) is 15.0 Å². The maximum atomic E-state index is 12.5. The topological polar surface area (TPSA) is 68.3 Å². The lowest BCUT2D eigenvalue weighted by molar-refractivity contribution is -0.141. The first kappa shape index (κ1) is 21.6. The molecule has 1 heterocycles. The lowest BCUT2D eigenvalue weighted by Gasteiger charge is -2.09. The van der Waals surface area contributed by atoms with Crippen LogP contribution in [-0.4, -0.2) is 36.3 Å². The van der Waals surface area contributed by atoms with Gasteiger partial charge in [-0.3, -0.25) is 9.59 Å². The van der Waals surface area contributed by atoms with Crippen LogP contribution in [-0.2, 0) is 20.5 Å². The van der Waals surface area contributed by atoms with E-state index >= 15 is 0 Å². The van der Waals surface area contributed by atoms with Gasteiger partial charge in [-0.1, -0.05) is 29.8 Å². The van der Waals surface area contributed by atoms with Gasteiger partial charge in [0.1, 0.15) is 5.03 Å². The average molecular weight is 399 g/mol. The molecule has 0 aliphatic heterocycles. The van der Waals surface area contributed by atoms with Gasteiger partial charge in [0, 0.05) is 19.2 Å². The highest BCUT2D eigenvalue weighted by Crippen LogP contribution is 2.33. The monoisotopic (exact) mass is 398 g/mol. The highest BCUT2D eigenvalue weighted by Gasteiger charge is 2.31. The Bertz CT molecular complexity index is 600. The van der Waals surface area contributed by atoms with Gasteiger partial charge in [-0.05, 0) is 18.9 Å². The van der Waals surface area contributed by atoms with Crippen LogP contribution in [0.5, 0.6) is 0 Å². The number of nitrogens with one attached hydrogen (secondary N) is 1. The summed E-state index contributed by atoms with van der Waals surface area (Å²) >= 11 is 6.73. The molecule has 25 heavy (non-hydrogen) atoms. The second kappa shape index (κ2) is 10.5. The third-order valence-electron chi connectivity index (χ3n) is 3.08. The molecule has 0 aliphatic carbocycles. The molecule has 1 amide bonds. The Morgan fingerprint density at radius 2 is 2.04 bits per heavy atom. The Balaban J connectivity index is 2.27. The van der Waals surface area contributed by atoms with Crippen LogP contribution in [0.3, 0.4) is 0 Å². The number of pyridine rings is 1. The summed E-state index contributed by atoms with van der Waals surface area (Å²) in [6, 6.07) is 0.788. The molecule has 1 N–H and O–H groups in total. The Hall–Kier alpha value is -1.48. The van der Waals surface area contributed by atoms with Crippen LogP contribution in [0.1, 0.15) is 31.2 Å². The van der Waals surface area contributed by atoms with Crippen LogP contribution in [0.2, 0.25) is 5.02 Å². The number of ether oxygens (including phenoxy) is 1. The summed E-state index contributed by atoms with van der Waals surface area (Å²) in [6.07, 6.45) is -1.30. The van der Waals surface area contributed by atoms with Gasteiger partial charge >= 0.3 is 12.1 Å². The van der Waals surface area contributed by atoms with Gasteiger partial charge in [-0.25, -0.2) is 4.98 Å². The quantitative estimate of drug-likeness (QED) is 0.390. The predicted octanol–water partition coefficient (Wildman–Crippen LogP) is 3.70. The second-order valence-corrected chi connectivity index (χ2v) is 6.41. The number of aromatic nitrogens is 1. The molecule has 0 spiro atoms. The fraction of sp³-hybridized carbons (Fsp3) is 0.533. The largest absolute Gasteiger partial charge is 0.469 e. The van der Waals surface area contributed by atoms with Gasteiger partial charge in [0.05, 0.1) is 23.4 Å². The summed E-state index contributed by atoms with van der Waals surface area (Å²) in [7, 11) is 1.33. The SMILES string of the molecule is COC(=O)CCCCCNC(=O)CSc1ncc(C(F)(F)F)cc1Cl. The van der Waals surface area contributed by atoms with Crippen molar-refractivity contribution in [1.82, 2.24) is 10.3 Å². The van der Waals surface area contributed by atoms with Gasteiger partial charge in [0.15, 0.2) is 0 Å². The zero-order chi connectivity index (χ0) is 18.9. The van der Waals surface area contributed by atoms with Crippen LogP contribution in [0.4, 0.5) is 13.2 Å². The maximum absolute atomic E-state index is 12.5. The zero-order valence-corrected chi connectivity index (χ0v) is 15.1. The molecular formula is C15H18ClF3N2O3S. The van der Waals surface area contributed by atoms with E-state index in [0.717, 1.165) is 24.2 Å². The minimum absolute atomic E-state index is 0.000243. The first-order valence-corrected chi connectivity index (χ1v) is 8.79. The Labute approximate surface area is 152 Å². The summed E-state index contributed by atoms with van der Waals surface area (Å²) in [5.74, 6) is -0.530. The van der Waals surface area contributed by atoms with E-state index in [-0.39, 0.29) is 27.7 Å². The number of hydrogen-bond acceptors (Lipinski definition) is 5. The molecule has 0 unspecified atom stereocenters. The Morgan fingerprint density at radius 3 is 2.64 bits per heavy atom. The van der Waals surface area contributed by atoms with E-state index in [9.17, 15) is 22.8 Å². The molecule has 0 fully saturated rings. The van der Waals surface area contributed by atoms with Crippen molar-refractivity contribution in [1.29, 1.82) is 0 Å². The van der Waals surface area contributed by atoms with Crippen molar-refractivity contribution in [3.8, 4) is 0 Å². The fourth-order valence-corrected chi connectivity index (χ4v) is 2.80. The number of hydrogen-bond donors (Lipinski definition) is 1. The third-order valence-corrected chi connectivity index (χ3v) is 4.49. The Morgan fingerprint density at radius 1 is 1.32 bits per heavy atom. The van der Waals surface area contributed by atoms with Crippen LogP contribution in [0, 0.1) is 0 Å². The smallest absolute Gasteiger partial charge is 0.417 e. The number of halogens is 4. The summed E-state index contributed by atoms with van der Waals surface area (Å²) in [4.78, 5) is 26.2. The number of unbranched alkanes of at least 4 members (excludes halogenated alkanes) is 2. The van der Waals surface area contributed by atoms with E-state index in [4.69, 9.17) is 11.6 Å². The molecule has 140 valence electrons. The van der Waals surface area contributed by atoms with E-state index in [0.29, 0.717) is 32.0 Å². The first-order chi connectivity index (χ1) is 11.7. The number of rotatable bonds is 9. The van der Waals surface area contributed by atoms with E-state index in [1.807, 2.05) is 0 Å². The molecule has 1 rings (SSSR count). The number of amides is 1. The van der Waals surface area contributed by atoms with Gasteiger partial charge in [0.2, 0.25) is 5.91 Å². The van der Waals surface area contributed by atoms with Gasteiger partial charge < -0.3 is 10.1 Å². The van der Waals surface area contributed by atoms with Crippen molar-refractivity contribution in [2.45, 2.75) is 36.9 Å². The van der Waals surface area contributed by atoms with E-state index in [1.165, 1.54) is 7.11 Å². The second-order valence-electron chi connectivity index (χ2n) is 5.03. The van der Waals surface area contributed by atoms with Crippen LogP contribution in [0.25, 0.3) is 0 Å². The fourth-order valence-electron chi connectivity index (χ4n) is 1.77. The highest BCUT2D eigenvalue weighted by molar-refractivity contribution is 8.00. The molecule has 0 saturated carbocycles. The number of esters is 1. The van der Waals surface area contributed by atoms with E-state index < -0.39 is 11.7 Å².